The van der Waals surface area contributed by atoms with Crippen molar-refractivity contribution >= 4 is 17.5 Å². The van der Waals surface area contributed by atoms with E-state index in [2.05, 4.69) is 66.1 Å². The number of hydrogen-bond acceptors (Lipinski definition) is 7. The van der Waals surface area contributed by atoms with Crippen LogP contribution in [0.1, 0.15) is 95.1 Å². The summed E-state index contributed by atoms with van der Waals surface area (Å²) in [5.74, 6) is 1.76. The zero-order valence-electron chi connectivity index (χ0n) is 34.6. The van der Waals surface area contributed by atoms with Crippen LogP contribution in [0.4, 0.5) is 0 Å². The summed E-state index contributed by atoms with van der Waals surface area (Å²) in [6, 6.07) is 26.4. The first kappa shape index (κ1) is 38.5. The summed E-state index contributed by atoms with van der Waals surface area (Å²) < 4.78 is 13.0. The van der Waals surface area contributed by atoms with Crippen LogP contribution in [0.2, 0.25) is 0 Å². The molecule has 59 heavy (non-hydrogen) atoms. The third-order valence-electron chi connectivity index (χ3n) is 15.9. The molecule has 0 amide bonds. The number of phenolic OH excluding ortho intramolecular Hbond substituents is 1. The Morgan fingerprint density at radius 2 is 1.68 bits per heavy atom. The van der Waals surface area contributed by atoms with E-state index in [1.165, 1.54) is 37.7 Å². The quantitative estimate of drug-likeness (QED) is 0.176. The second-order valence-corrected chi connectivity index (χ2v) is 18.6. The van der Waals surface area contributed by atoms with Crippen LogP contribution in [0.25, 0.3) is 16.7 Å². The first-order valence-electron chi connectivity index (χ1n) is 22.5. The lowest BCUT2D eigenvalue weighted by molar-refractivity contribution is -0.135. The van der Waals surface area contributed by atoms with Gasteiger partial charge in [0, 0.05) is 17.1 Å². The van der Waals surface area contributed by atoms with Crippen molar-refractivity contribution in [3.63, 3.8) is 0 Å². The maximum absolute atomic E-state index is 14.8. The van der Waals surface area contributed by atoms with Crippen molar-refractivity contribution in [2.45, 2.75) is 96.6 Å². The van der Waals surface area contributed by atoms with Crippen molar-refractivity contribution in [3.05, 3.63) is 130 Å². The van der Waals surface area contributed by atoms with Gasteiger partial charge in [-0.1, -0.05) is 86.5 Å². The highest BCUT2D eigenvalue weighted by molar-refractivity contribution is 6.07. The van der Waals surface area contributed by atoms with E-state index >= 15 is 0 Å². The number of benzene rings is 3. The largest absolute Gasteiger partial charge is 0.508 e. The molecule has 3 N–H and O–H groups in total. The van der Waals surface area contributed by atoms with Gasteiger partial charge in [-0.2, -0.15) is 0 Å². The van der Waals surface area contributed by atoms with Crippen LogP contribution in [0.3, 0.4) is 0 Å². The van der Waals surface area contributed by atoms with Crippen LogP contribution in [0.5, 0.6) is 5.75 Å². The maximum Gasteiger partial charge on any atom is 0.340 e. The molecule has 7 atom stereocenters. The second-order valence-electron chi connectivity index (χ2n) is 18.6. The fourth-order valence-electron chi connectivity index (χ4n) is 13.1. The Kier molecular flexibility index (Phi) is 10.0. The molecule has 11 rings (SSSR count). The Morgan fingerprint density at radius 3 is 2.44 bits per heavy atom. The summed E-state index contributed by atoms with van der Waals surface area (Å²) in [4.78, 5) is 29.4. The first-order valence-corrected chi connectivity index (χ1v) is 22.5. The van der Waals surface area contributed by atoms with Crippen LogP contribution >= 0.6 is 0 Å². The molecule has 306 valence electrons. The van der Waals surface area contributed by atoms with Gasteiger partial charge in [0.05, 0.1) is 17.2 Å². The molecule has 3 aromatic rings. The molecule has 3 aromatic carbocycles. The molecule has 7 heteroatoms. The number of phenols is 1. The molecule has 3 heterocycles. The van der Waals surface area contributed by atoms with Crippen LogP contribution in [-0.2, 0) is 25.5 Å². The van der Waals surface area contributed by atoms with Gasteiger partial charge in [-0.25, -0.2) is 9.59 Å². The van der Waals surface area contributed by atoms with Crippen LogP contribution in [0.15, 0.2) is 119 Å². The Morgan fingerprint density at radius 1 is 0.898 bits per heavy atom. The van der Waals surface area contributed by atoms with Gasteiger partial charge >= 0.3 is 11.9 Å². The van der Waals surface area contributed by atoms with E-state index in [4.69, 9.17) is 9.47 Å². The number of cyclic esters (lactones) is 2. The molecule has 2 saturated carbocycles. The standard InChI is InChI=1S/C52H58N2O5/c1-3-32(28-33-12-6-4-7-13-33)29-43-52-26-20-38(45(48(52)50(57)59-43)41-31-36(55)16-17-37(41)34-14-8-5-9-15-34)39-18-19-40-42(58-49(56)46(40)47(39)52)21-25-51(23-10-11-24-51)35-22-27-54-44(30-35)53-2/h4-9,12-17,21,29,31-32,35,38-39,44,47,53-55H,3,10-11,18-20,22-28,30H2,1-2H3/t32-,35-,38+,39+,44-,47+,52+/m0/s1. The lowest BCUT2D eigenvalue weighted by Gasteiger charge is -2.56. The molecular formula is C52H58N2O5. The smallest absolute Gasteiger partial charge is 0.340 e. The highest BCUT2D eigenvalue weighted by atomic mass is 16.5. The van der Waals surface area contributed by atoms with Gasteiger partial charge in [-0.15, -0.1) is 0 Å². The third-order valence-corrected chi connectivity index (χ3v) is 15.9. The molecule has 2 saturated heterocycles. The normalized spacial score (nSPS) is 31.3. The van der Waals surface area contributed by atoms with Crippen molar-refractivity contribution in [3.8, 4) is 16.9 Å². The fraction of sp³-hybridized carbons (Fsp3) is 0.462. The molecule has 7 nitrogen and oxygen atoms in total. The second kappa shape index (κ2) is 15.4. The molecule has 0 aromatic heterocycles. The fourth-order valence-corrected chi connectivity index (χ4v) is 13.1. The van der Waals surface area contributed by atoms with E-state index < -0.39 is 5.41 Å². The number of hydrogen-bond donors (Lipinski definition) is 3. The average molecular weight is 791 g/mol. The molecule has 2 bridgehead atoms. The molecule has 1 spiro atoms. The number of piperidine rings is 1. The predicted octanol–water partition coefficient (Wildman–Crippen LogP) is 10.2. The number of nitrogens with one attached hydrogen (secondary N) is 2. The van der Waals surface area contributed by atoms with Gasteiger partial charge in [-0.3, -0.25) is 0 Å². The predicted molar refractivity (Wildman–Crippen MR) is 230 cm³/mol. The lowest BCUT2D eigenvalue weighted by Crippen LogP contribution is -2.52. The monoisotopic (exact) mass is 790 g/mol. The van der Waals surface area contributed by atoms with Crippen LogP contribution in [-0.4, -0.2) is 36.8 Å². The van der Waals surface area contributed by atoms with Crippen molar-refractivity contribution < 1.29 is 24.2 Å². The first-order chi connectivity index (χ1) is 28.8. The van der Waals surface area contributed by atoms with E-state index in [0.717, 1.165) is 97.1 Å². The van der Waals surface area contributed by atoms with Gasteiger partial charge in [0.1, 0.15) is 17.3 Å². The van der Waals surface area contributed by atoms with Gasteiger partial charge < -0.3 is 25.2 Å². The highest BCUT2D eigenvalue weighted by Crippen LogP contribution is 2.72. The van der Waals surface area contributed by atoms with Crippen molar-refractivity contribution in [2.75, 3.05) is 13.6 Å². The van der Waals surface area contributed by atoms with E-state index in [9.17, 15) is 14.7 Å². The summed E-state index contributed by atoms with van der Waals surface area (Å²) in [6.07, 6.45) is 18.0. The summed E-state index contributed by atoms with van der Waals surface area (Å²) in [5.41, 5.74) is 7.09. The summed E-state index contributed by atoms with van der Waals surface area (Å²) >= 11 is 0. The van der Waals surface area contributed by atoms with Crippen molar-refractivity contribution in [2.24, 2.45) is 40.4 Å². The number of fused-ring (bicyclic) bond motifs is 1. The van der Waals surface area contributed by atoms with Crippen LogP contribution < -0.4 is 10.6 Å². The molecular weight excluding hydrogens is 733 g/mol. The molecule has 0 unspecified atom stereocenters. The number of aromatic hydroxyl groups is 1. The molecule has 5 aliphatic carbocycles. The van der Waals surface area contributed by atoms with Crippen molar-refractivity contribution in [1.29, 1.82) is 0 Å². The third kappa shape index (κ3) is 6.37. The van der Waals surface area contributed by atoms with Gasteiger partial charge in [-0.05, 0) is 165 Å². The van der Waals surface area contributed by atoms with Gasteiger partial charge in [0.15, 0.2) is 0 Å². The average Bonchev–Trinajstić information content (AvgIpc) is 3.97. The Labute approximate surface area is 349 Å². The van der Waals surface area contributed by atoms with E-state index in [1.807, 2.05) is 43.4 Å². The minimum atomic E-state index is -0.811. The Bertz CT molecular complexity index is 2270. The molecule has 3 aliphatic heterocycles. The number of esters is 2. The van der Waals surface area contributed by atoms with Gasteiger partial charge in [0.25, 0.3) is 0 Å². The summed E-state index contributed by atoms with van der Waals surface area (Å²) in [5, 5.41) is 18.2. The van der Waals surface area contributed by atoms with E-state index in [0.29, 0.717) is 23.4 Å². The van der Waals surface area contributed by atoms with Crippen molar-refractivity contribution in [1.82, 2.24) is 10.6 Å². The zero-order chi connectivity index (χ0) is 40.3. The van der Waals surface area contributed by atoms with Crippen LogP contribution in [0, 0.1) is 40.4 Å². The Balaban J connectivity index is 1.11. The number of carbonyl (C=O) groups excluding carboxylic acids is 2. The molecule has 0 radical (unpaired) electrons. The minimum absolute atomic E-state index is 0.0241. The number of allylic oxidation sites excluding steroid dienone is 5. The van der Waals surface area contributed by atoms with Gasteiger partial charge in [0.2, 0.25) is 0 Å². The minimum Gasteiger partial charge on any atom is -0.508 e. The topological polar surface area (TPSA) is 96.9 Å². The molecule has 4 fully saturated rings. The zero-order valence-corrected chi connectivity index (χ0v) is 34.6. The lowest BCUT2D eigenvalue weighted by atomic mass is 9.44. The highest BCUT2D eigenvalue weighted by Gasteiger charge is 2.68. The number of rotatable bonds is 10. The maximum atomic E-state index is 14.8. The van der Waals surface area contributed by atoms with E-state index in [1.54, 1.807) is 6.07 Å². The SMILES string of the molecule is CC[C@H](C=C1OC(=O)C2=C(c3cc(O)ccc3-c3ccccc3)[C@@H]3CC[C@]12[C@H]1C2=C(CC[C@H]31)C(=CCC1([C@H]3CCN[C@H](NC)C3)CCCC1)OC2=O)Cc1ccccc1. The number of carbonyl (C=O) groups is 2. The molecule has 8 aliphatic rings. The van der Waals surface area contributed by atoms with E-state index in [-0.39, 0.29) is 46.8 Å². The number of ether oxygens (including phenoxy) is 2. The Hall–Kier alpha value is -4.72. The summed E-state index contributed by atoms with van der Waals surface area (Å²) in [6.45, 7) is 3.23. The summed E-state index contributed by atoms with van der Waals surface area (Å²) in [7, 11) is 2.05.